The van der Waals surface area contributed by atoms with Gasteiger partial charge in [0, 0.05) is 11.4 Å². The standard InChI is InChI=1S/C29H33N3O4/c1-19-9-11-24(21(3)13-19)30-28(33)16-32(15-23-18-35-26-7-5-6-8-27(26)36-23)17-29(34)31-25-12-10-20(2)14-22(25)4/h5-14,23H,15-18H2,1-4H3,(H,30,33)(H,31,34)/p+1/t23-/m1/s1. The minimum absolute atomic E-state index is 0.120. The predicted octanol–water partition coefficient (Wildman–Crippen LogP) is 3.22. The lowest BCUT2D eigenvalue weighted by molar-refractivity contribution is -0.886. The van der Waals surface area contributed by atoms with E-state index in [1.54, 1.807) is 0 Å². The number of hydrogen-bond acceptors (Lipinski definition) is 4. The number of benzene rings is 3. The molecule has 36 heavy (non-hydrogen) atoms. The lowest BCUT2D eigenvalue weighted by atomic mass is 10.1. The van der Waals surface area contributed by atoms with E-state index in [1.165, 1.54) is 0 Å². The molecule has 0 spiro atoms. The number of rotatable bonds is 8. The molecule has 0 fully saturated rings. The number of nitrogens with one attached hydrogen (secondary N) is 3. The van der Waals surface area contributed by atoms with Gasteiger partial charge in [-0.05, 0) is 63.1 Å². The Labute approximate surface area is 212 Å². The maximum atomic E-state index is 13.0. The summed E-state index contributed by atoms with van der Waals surface area (Å²) in [5, 5.41) is 5.99. The van der Waals surface area contributed by atoms with Gasteiger partial charge in [0.1, 0.15) is 13.2 Å². The Morgan fingerprint density at radius 1 is 0.806 bits per heavy atom. The molecule has 1 atom stereocenters. The van der Waals surface area contributed by atoms with Gasteiger partial charge >= 0.3 is 0 Å². The molecule has 0 aliphatic carbocycles. The summed E-state index contributed by atoms with van der Waals surface area (Å²) in [7, 11) is 0. The molecule has 3 aromatic rings. The van der Waals surface area contributed by atoms with Crippen LogP contribution in [0.4, 0.5) is 11.4 Å². The number of quaternary nitrogens is 1. The summed E-state index contributed by atoms with van der Waals surface area (Å²) in [5.41, 5.74) is 5.81. The van der Waals surface area contributed by atoms with Gasteiger partial charge < -0.3 is 25.0 Å². The molecule has 0 unspecified atom stereocenters. The smallest absolute Gasteiger partial charge is 0.279 e. The topological polar surface area (TPSA) is 81.1 Å². The highest BCUT2D eigenvalue weighted by molar-refractivity contribution is 5.94. The number of carbonyl (C=O) groups is 2. The fraction of sp³-hybridized carbons (Fsp3) is 0.310. The van der Waals surface area contributed by atoms with Crippen molar-refractivity contribution in [3.05, 3.63) is 82.9 Å². The molecule has 0 radical (unpaired) electrons. The Kier molecular flexibility index (Phi) is 7.90. The zero-order chi connectivity index (χ0) is 25.7. The van der Waals surface area contributed by atoms with Gasteiger partial charge in [-0.15, -0.1) is 0 Å². The van der Waals surface area contributed by atoms with Gasteiger partial charge in [-0.2, -0.15) is 0 Å². The third-order valence-electron chi connectivity index (χ3n) is 6.22. The summed E-state index contributed by atoms with van der Waals surface area (Å²) in [6.07, 6.45) is -0.280. The van der Waals surface area contributed by atoms with Crippen molar-refractivity contribution in [2.24, 2.45) is 0 Å². The summed E-state index contributed by atoms with van der Waals surface area (Å²) in [5.74, 6) is 1.06. The lowest BCUT2D eigenvalue weighted by Crippen LogP contribution is -3.15. The second kappa shape index (κ2) is 11.3. The van der Waals surface area contributed by atoms with Crippen LogP contribution in [0.5, 0.6) is 11.5 Å². The third-order valence-corrected chi connectivity index (χ3v) is 6.22. The minimum Gasteiger partial charge on any atom is -0.486 e. The first-order valence-electron chi connectivity index (χ1n) is 12.2. The first kappa shape index (κ1) is 25.3. The van der Waals surface area contributed by atoms with E-state index in [0.29, 0.717) is 24.7 Å². The van der Waals surface area contributed by atoms with Gasteiger partial charge in [-0.25, -0.2) is 0 Å². The average Bonchev–Trinajstić information content (AvgIpc) is 2.82. The number of carbonyl (C=O) groups excluding carboxylic acids is 2. The summed E-state index contributed by atoms with van der Waals surface area (Å²) in [6, 6.07) is 19.3. The first-order chi connectivity index (χ1) is 17.3. The molecule has 2 amide bonds. The number of anilines is 2. The largest absolute Gasteiger partial charge is 0.486 e. The normalized spacial score (nSPS) is 14.4. The van der Waals surface area contributed by atoms with Crippen molar-refractivity contribution in [2.45, 2.75) is 33.8 Å². The van der Waals surface area contributed by atoms with Crippen molar-refractivity contribution >= 4 is 23.2 Å². The molecule has 3 N–H and O–H groups in total. The van der Waals surface area contributed by atoms with Crippen LogP contribution in [0.25, 0.3) is 0 Å². The fourth-order valence-electron chi connectivity index (χ4n) is 4.44. The Bertz CT molecular complexity index is 1190. The molecular weight excluding hydrogens is 454 g/mol. The van der Waals surface area contributed by atoms with Crippen LogP contribution in [0.15, 0.2) is 60.7 Å². The van der Waals surface area contributed by atoms with Crippen molar-refractivity contribution in [3.63, 3.8) is 0 Å². The summed E-state index contributed by atoms with van der Waals surface area (Å²) in [6.45, 7) is 9.01. The van der Waals surface area contributed by atoms with E-state index in [9.17, 15) is 9.59 Å². The second-order valence-corrected chi connectivity index (χ2v) is 9.54. The molecule has 0 saturated carbocycles. The molecule has 3 aromatic carbocycles. The highest BCUT2D eigenvalue weighted by Gasteiger charge is 2.28. The number of para-hydroxylation sites is 2. The molecule has 1 aliphatic heterocycles. The van der Waals surface area contributed by atoms with E-state index in [1.807, 2.05) is 88.4 Å². The molecule has 188 valence electrons. The minimum atomic E-state index is -0.280. The highest BCUT2D eigenvalue weighted by atomic mass is 16.6. The monoisotopic (exact) mass is 488 g/mol. The predicted molar refractivity (Wildman–Crippen MR) is 141 cm³/mol. The molecule has 1 aliphatic rings. The maximum Gasteiger partial charge on any atom is 0.279 e. The van der Waals surface area contributed by atoms with Gasteiger partial charge in [0.05, 0.1) is 0 Å². The van der Waals surface area contributed by atoms with E-state index < -0.39 is 0 Å². The van der Waals surface area contributed by atoms with Gasteiger partial charge in [-0.3, -0.25) is 9.59 Å². The van der Waals surface area contributed by atoms with Crippen molar-refractivity contribution in [1.29, 1.82) is 0 Å². The van der Waals surface area contributed by atoms with Crippen LogP contribution in [0.1, 0.15) is 22.3 Å². The maximum absolute atomic E-state index is 13.0. The van der Waals surface area contributed by atoms with Crippen LogP contribution in [0.2, 0.25) is 0 Å². The highest BCUT2D eigenvalue weighted by Crippen LogP contribution is 2.30. The summed E-state index contributed by atoms with van der Waals surface area (Å²) in [4.78, 5) is 26.8. The molecule has 0 saturated heterocycles. The SMILES string of the molecule is Cc1ccc(NC(=O)C[NH+](CC(=O)Nc2ccc(C)cc2C)C[C@@H]2COc3ccccc3O2)c(C)c1. The van der Waals surface area contributed by atoms with Crippen LogP contribution in [0.3, 0.4) is 0 Å². The summed E-state index contributed by atoms with van der Waals surface area (Å²) >= 11 is 0. The Hall–Kier alpha value is -3.84. The van der Waals surface area contributed by atoms with E-state index in [0.717, 1.165) is 38.5 Å². The van der Waals surface area contributed by atoms with Gasteiger partial charge in [0.25, 0.3) is 11.8 Å². The van der Waals surface area contributed by atoms with Crippen molar-refractivity contribution in [1.82, 2.24) is 0 Å². The average molecular weight is 489 g/mol. The number of aryl methyl sites for hydroxylation is 4. The zero-order valence-electron chi connectivity index (χ0n) is 21.3. The molecule has 4 rings (SSSR count). The fourth-order valence-corrected chi connectivity index (χ4v) is 4.44. The Morgan fingerprint density at radius 3 is 1.86 bits per heavy atom. The van der Waals surface area contributed by atoms with E-state index in [-0.39, 0.29) is 31.0 Å². The van der Waals surface area contributed by atoms with E-state index >= 15 is 0 Å². The molecular formula is C29H34N3O4+. The molecule has 7 nitrogen and oxygen atoms in total. The summed E-state index contributed by atoms with van der Waals surface area (Å²) < 4.78 is 12.0. The van der Waals surface area contributed by atoms with Crippen molar-refractivity contribution < 1.29 is 24.0 Å². The van der Waals surface area contributed by atoms with Crippen molar-refractivity contribution in [2.75, 3.05) is 36.9 Å². The quantitative estimate of drug-likeness (QED) is 0.455. The molecule has 7 heteroatoms. The van der Waals surface area contributed by atoms with Gasteiger partial charge in [0.15, 0.2) is 30.7 Å². The van der Waals surface area contributed by atoms with Crippen LogP contribution < -0.4 is 25.0 Å². The Balaban J connectivity index is 1.45. The third kappa shape index (κ3) is 6.64. The van der Waals surface area contributed by atoms with Gasteiger partial charge in [-0.1, -0.05) is 47.5 Å². The molecule has 0 aromatic heterocycles. The van der Waals surface area contributed by atoms with Crippen LogP contribution >= 0.6 is 0 Å². The van der Waals surface area contributed by atoms with E-state index in [2.05, 4.69) is 10.6 Å². The zero-order valence-corrected chi connectivity index (χ0v) is 21.3. The lowest BCUT2D eigenvalue weighted by Gasteiger charge is -2.29. The van der Waals surface area contributed by atoms with Crippen molar-refractivity contribution in [3.8, 4) is 11.5 Å². The number of fused-ring (bicyclic) bond motifs is 1. The number of amides is 2. The molecule has 1 heterocycles. The number of hydrogen-bond donors (Lipinski definition) is 3. The Morgan fingerprint density at radius 2 is 1.33 bits per heavy atom. The van der Waals surface area contributed by atoms with Gasteiger partial charge in [0.2, 0.25) is 0 Å². The van der Waals surface area contributed by atoms with Crippen LogP contribution in [0, 0.1) is 27.7 Å². The second-order valence-electron chi connectivity index (χ2n) is 9.54. The number of ether oxygens (including phenoxy) is 2. The van der Waals surface area contributed by atoms with E-state index in [4.69, 9.17) is 9.47 Å². The van der Waals surface area contributed by atoms with Crippen LogP contribution in [-0.2, 0) is 9.59 Å². The first-order valence-corrected chi connectivity index (χ1v) is 12.2. The molecule has 0 bridgehead atoms. The van der Waals surface area contributed by atoms with Crippen LogP contribution in [-0.4, -0.2) is 44.2 Å².